The number of carbonyl (C=O) groups is 1. The Morgan fingerprint density at radius 2 is 1.90 bits per heavy atom. The number of ether oxygens (including phenoxy) is 2. The van der Waals surface area contributed by atoms with Crippen LogP contribution in [0.15, 0.2) is 35.4 Å². The largest absolute Gasteiger partial charge is 0.497 e. The zero-order valence-electron chi connectivity index (χ0n) is 16.9. The van der Waals surface area contributed by atoms with E-state index in [-0.39, 0.29) is 10.8 Å². The van der Waals surface area contributed by atoms with Gasteiger partial charge in [0, 0.05) is 19.6 Å². The first-order chi connectivity index (χ1) is 14.5. The Labute approximate surface area is 176 Å². The minimum absolute atomic E-state index is 0.144. The third-order valence-electron chi connectivity index (χ3n) is 5.65. The molecule has 0 radical (unpaired) electrons. The predicted molar refractivity (Wildman–Crippen MR) is 109 cm³/mol. The van der Waals surface area contributed by atoms with E-state index in [9.17, 15) is 13.2 Å². The van der Waals surface area contributed by atoms with E-state index in [1.54, 1.807) is 29.2 Å². The molecule has 1 unspecified atom stereocenters. The first kappa shape index (κ1) is 20.8. The van der Waals surface area contributed by atoms with E-state index in [0.29, 0.717) is 56.3 Å². The Morgan fingerprint density at radius 1 is 1.17 bits per heavy atom. The number of morpholine rings is 1. The molecular formula is C20H26N4O5S. The molecule has 1 aromatic heterocycles. The average molecular weight is 435 g/mol. The summed E-state index contributed by atoms with van der Waals surface area (Å²) in [6.45, 7) is 2.42. The van der Waals surface area contributed by atoms with Crippen molar-refractivity contribution in [3.05, 3.63) is 41.7 Å². The lowest BCUT2D eigenvalue weighted by Gasteiger charge is -2.35. The van der Waals surface area contributed by atoms with Gasteiger partial charge in [0.1, 0.15) is 5.75 Å². The highest BCUT2D eigenvalue weighted by Gasteiger charge is 2.38. The summed E-state index contributed by atoms with van der Waals surface area (Å²) in [4.78, 5) is 15.0. The van der Waals surface area contributed by atoms with E-state index in [4.69, 9.17) is 9.47 Å². The Bertz CT molecular complexity index is 983. The molecule has 1 N–H and O–H groups in total. The number of nitrogens with one attached hydrogen (secondary N) is 1. The molecule has 0 bridgehead atoms. The fraction of sp³-hybridized carbons (Fsp3) is 0.500. The number of hydrogen-bond acceptors (Lipinski definition) is 6. The molecule has 9 nitrogen and oxygen atoms in total. The zero-order chi connectivity index (χ0) is 21.1. The van der Waals surface area contributed by atoms with Crippen molar-refractivity contribution >= 4 is 15.9 Å². The number of nitrogens with zero attached hydrogens (tertiary/aromatic N) is 3. The molecule has 2 aliphatic rings. The third kappa shape index (κ3) is 3.94. The molecule has 1 amide bonds. The number of benzene rings is 1. The van der Waals surface area contributed by atoms with E-state index in [1.807, 2.05) is 0 Å². The molecular weight excluding hydrogens is 408 g/mol. The Morgan fingerprint density at radius 3 is 2.60 bits per heavy atom. The second kappa shape index (κ2) is 8.75. The fourth-order valence-electron chi connectivity index (χ4n) is 4.02. The van der Waals surface area contributed by atoms with Crippen LogP contribution in [0.5, 0.6) is 5.75 Å². The molecule has 0 aliphatic carbocycles. The van der Waals surface area contributed by atoms with Crippen LogP contribution < -0.4 is 4.74 Å². The van der Waals surface area contributed by atoms with E-state index >= 15 is 0 Å². The maximum atomic E-state index is 13.4. The first-order valence-corrected chi connectivity index (χ1v) is 11.5. The van der Waals surface area contributed by atoms with Gasteiger partial charge in [-0.25, -0.2) is 8.42 Å². The topological polar surface area (TPSA) is 105 Å². The van der Waals surface area contributed by atoms with Gasteiger partial charge in [-0.3, -0.25) is 9.89 Å². The summed E-state index contributed by atoms with van der Waals surface area (Å²) in [6.07, 6.45) is 3.77. The van der Waals surface area contributed by atoms with E-state index < -0.39 is 16.1 Å². The van der Waals surface area contributed by atoms with Crippen molar-refractivity contribution in [3.8, 4) is 5.75 Å². The number of methoxy groups -OCH3 is 1. The molecule has 2 saturated heterocycles. The smallest absolute Gasteiger partial charge is 0.257 e. The third-order valence-corrected chi connectivity index (χ3v) is 7.57. The van der Waals surface area contributed by atoms with E-state index in [2.05, 4.69) is 10.2 Å². The minimum Gasteiger partial charge on any atom is -0.497 e. The van der Waals surface area contributed by atoms with Gasteiger partial charge >= 0.3 is 0 Å². The molecule has 30 heavy (non-hydrogen) atoms. The molecule has 1 aromatic carbocycles. The molecule has 0 saturated carbocycles. The lowest BCUT2D eigenvalue weighted by molar-refractivity contribution is 0.0301. The van der Waals surface area contributed by atoms with Gasteiger partial charge in [-0.2, -0.15) is 9.40 Å². The van der Waals surface area contributed by atoms with Crippen molar-refractivity contribution < 1.29 is 22.7 Å². The van der Waals surface area contributed by atoms with Gasteiger partial charge in [0.05, 0.1) is 48.7 Å². The van der Waals surface area contributed by atoms with Gasteiger partial charge < -0.3 is 14.4 Å². The summed E-state index contributed by atoms with van der Waals surface area (Å²) < 4.78 is 38.8. The van der Waals surface area contributed by atoms with Crippen molar-refractivity contribution in [3.63, 3.8) is 0 Å². The quantitative estimate of drug-likeness (QED) is 0.770. The standard InChI is InChI=1S/C20H26N4O5S/c1-28-15-5-7-16(8-6-15)30(26,27)24-9-3-2-4-18(24)19-17(14-21-22-19)20(25)23-10-12-29-13-11-23/h5-8,14,18H,2-4,9-13H2,1H3,(H,21,22). The molecule has 0 spiro atoms. The molecule has 4 rings (SSSR count). The van der Waals surface area contributed by atoms with Crippen LogP contribution in [-0.4, -0.2) is 73.7 Å². The highest BCUT2D eigenvalue weighted by Crippen LogP contribution is 2.36. The summed E-state index contributed by atoms with van der Waals surface area (Å²) in [7, 11) is -2.21. The average Bonchev–Trinajstić information content (AvgIpc) is 3.29. The van der Waals surface area contributed by atoms with Crippen LogP contribution in [-0.2, 0) is 14.8 Å². The van der Waals surface area contributed by atoms with Gasteiger partial charge in [-0.05, 0) is 37.1 Å². The van der Waals surface area contributed by atoms with Crippen LogP contribution in [0, 0.1) is 0 Å². The second-order valence-electron chi connectivity index (χ2n) is 7.40. The highest BCUT2D eigenvalue weighted by molar-refractivity contribution is 7.89. The predicted octanol–water partition coefficient (Wildman–Crippen LogP) is 1.81. The molecule has 10 heteroatoms. The van der Waals surface area contributed by atoms with E-state index in [0.717, 1.165) is 12.8 Å². The van der Waals surface area contributed by atoms with Crippen LogP contribution in [0.4, 0.5) is 0 Å². The molecule has 2 fully saturated rings. The van der Waals surface area contributed by atoms with Crippen molar-refractivity contribution in [2.45, 2.75) is 30.2 Å². The molecule has 3 heterocycles. The highest BCUT2D eigenvalue weighted by atomic mass is 32.2. The molecule has 2 aromatic rings. The lowest BCUT2D eigenvalue weighted by atomic mass is 9.99. The maximum absolute atomic E-state index is 13.4. The van der Waals surface area contributed by atoms with E-state index in [1.165, 1.54) is 17.6 Å². The summed E-state index contributed by atoms with van der Waals surface area (Å²) in [5.74, 6) is 0.450. The normalized spacial score (nSPS) is 20.8. The van der Waals surface area contributed by atoms with Crippen molar-refractivity contribution in [2.24, 2.45) is 0 Å². The lowest BCUT2D eigenvalue weighted by Crippen LogP contribution is -2.42. The van der Waals surface area contributed by atoms with Crippen LogP contribution in [0.2, 0.25) is 0 Å². The summed E-state index contributed by atoms with van der Waals surface area (Å²) >= 11 is 0. The monoisotopic (exact) mass is 434 g/mol. The van der Waals surface area contributed by atoms with Crippen molar-refractivity contribution in [1.82, 2.24) is 19.4 Å². The number of rotatable bonds is 5. The summed E-state index contributed by atoms with van der Waals surface area (Å²) in [5.41, 5.74) is 0.988. The van der Waals surface area contributed by atoms with Gasteiger partial charge in [-0.15, -0.1) is 0 Å². The van der Waals surface area contributed by atoms with Crippen LogP contribution in [0.3, 0.4) is 0 Å². The number of carbonyl (C=O) groups excluding carboxylic acids is 1. The SMILES string of the molecule is COc1ccc(S(=O)(=O)N2CCCCC2c2[nH]ncc2C(=O)N2CCOCC2)cc1. The maximum Gasteiger partial charge on any atom is 0.257 e. The molecule has 162 valence electrons. The number of amides is 1. The van der Waals surface area contributed by atoms with Gasteiger partial charge in [0.25, 0.3) is 5.91 Å². The molecule has 2 aliphatic heterocycles. The first-order valence-electron chi connectivity index (χ1n) is 10.1. The Hall–Kier alpha value is -2.43. The van der Waals surface area contributed by atoms with Crippen molar-refractivity contribution in [1.29, 1.82) is 0 Å². The summed E-state index contributed by atoms with van der Waals surface area (Å²) in [6, 6.07) is 5.90. The van der Waals surface area contributed by atoms with Crippen molar-refractivity contribution in [2.75, 3.05) is 40.0 Å². The fourth-order valence-corrected chi connectivity index (χ4v) is 5.69. The zero-order valence-corrected chi connectivity index (χ0v) is 17.7. The van der Waals surface area contributed by atoms with Gasteiger partial charge in [0.15, 0.2) is 0 Å². The van der Waals surface area contributed by atoms with Gasteiger partial charge in [0.2, 0.25) is 10.0 Å². The van der Waals surface area contributed by atoms with Crippen LogP contribution in [0.1, 0.15) is 41.4 Å². The minimum atomic E-state index is -3.74. The molecule has 1 atom stereocenters. The van der Waals surface area contributed by atoms with Gasteiger partial charge in [-0.1, -0.05) is 6.42 Å². The van der Waals surface area contributed by atoms with Crippen LogP contribution in [0.25, 0.3) is 0 Å². The number of hydrogen-bond donors (Lipinski definition) is 1. The van der Waals surface area contributed by atoms with Crippen LogP contribution >= 0.6 is 0 Å². The Balaban J connectivity index is 1.64. The number of aromatic amines is 1. The number of sulfonamides is 1. The number of piperidine rings is 1. The Kier molecular flexibility index (Phi) is 6.07. The second-order valence-corrected chi connectivity index (χ2v) is 9.30. The summed E-state index contributed by atoms with van der Waals surface area (Å²) in [5, 5.41) is 7.00. The number of H-pyrrole nitrogens is 1. The number of aromatic nitrogens is 2.